The van der Waals surface area contributed by atoms with Crippen LogP contribution < -0.4 is 16.4 Å². The number of nitrogens with zero attached hydrogens (tertiary/aromatic N) is 1. The first kappa shape index (κ1) is 20.3. The standard InChI is InChI=1S/C16H20N4O4S/c1-10(14(21)19-12-5-3-4-11(8-12)9-17)24-15(22)13(6-7-25-2)20-16(18)23/h3-5,8,10,13H,6-7H2,1-2H3,(H,19,21)(H3,18,20,23)/t10-,13-/m0/s1. The fourth-order valence-electron chi connectivity index (χ4n) is 1.88. The summed E-state index contributed by atoms with van der Waals surface area (Å²) < 4.78 is 5.11. The van der Waals surface area contributed by atoms with Crippen LogP contribution >= 0.6 is 11.8 Å². The van der Waals surface area contributed by atoms with Crippen LogP contribution in [0, 0.1) is 11.3 Å². The van der Waals surface area contributed by atoms with Crippen molar-refractivity contribution in [3.63, 3.8) is 0 Å². The predicted molar refractivity (Wildman–Crippen MR) is 94.8 cm³/mol. The van der Waals surface area contributed by atoms with Crippen LogP contribution in [0.3, 0.4) is 0 Å². The summed E-state index contributed by atoms with van der Waals surface area (Å²) in [5.41, 5.74) is 5.86. The van der Waals surface area contributed by atoms with Gasteiger partial charge in [0, 0.05) is 5.69 Å². The van der Waals surface area contributed by atoms with Crippen molar-refractivity contribution in [2.45, 2.75) is 25.5 Å². The number of nitrogens with two attached hydrogens (primary N) is 1. The minimum atomic E-state index is -1.08. The molecule has 1 rings (SSSR count). The zero-order chi connectivity index (χ0) is 18.8. The summed E-state index contributed by atoms with van der Waals surface area (Å²) in [7, 11) is 0. The summed E-state index contributed by atoms with van der Waals surface area (Å²) >= 11 is 1.50. The maximum Gasteiger partial charge on any atom is 0.329 e. The number of nitrogens with one attached hydrogen (secondary N) is 2. The number of primary amides is 1. The minimum absolute atomic E-state index is 0.335. The first-order valence-corrected chi connectivity index (χ1v) is 8.83. The molecule has 0 unspecified atom stereocenters. The Morgan fingerprint density at radius 2 is 2.12 bits per heavy atom. The van der Waals surface area contributed by atoms with Gasteiger partial charge in [0.2, 0.25) is 0 Å². The molecule has 0 bridgehead atoms. The Bertz CT molecular complexity index is 674. The van der Waals surface area contributed by atoms with Crippen LogP contribution in [-0.4, -0.2) is 42.1 Å². The summed E-state index contributed by atoms with van der Waals surface area (Å²) in [5.74, 6) is -0.672. The van der Waals surface area contributed by atoms with Crippen molar-refractivity contribution in [1.82, 2.24) is 5.32 Å². The Morgan fingerprint density at radius 1 is 1.40 bits per heavy atom. The van der Waals surface area contributed by atoms with E-state index >= 15 is 0 Å². The van der Waals surface area contributed by atoms with E-state index in [1.807, 2.05) is 12.3 Å². The van der Waals surface area contributed by atoms with Crippen LogP contribution in [0.4, 0.5) is 10.5 Å². The molecule has 0 aliphatic heterocycles. The molecular weight excluding hydrogens is 344 g/mol. The Morgan fingerprint density at radius 3 is 2.72 bits per heavy atom. The third kappa shape index (κ3) is 7.14. The van der Waals surface area contributed by atoms with Crippen molar-refractivity contribution in [3.8, 4) is 6.07 Å². The van der Waals surface area contributed by atoms with Gasteiger partial charge < -0.3 is 21.1 Å². The van der Waals surface area contributed by atoms with Gasteiger partial charge in [-0.15, -0.1) is 0 Å². The summed E-state index contributed by atoms with van der Waals surface area (Å²) in [6, 6.07) is 6.55. The number of carbonyl (C=O) groups excluding carboxylic acids is 3. The molecule has 1 aromatic carbocycles. The molecule has 0 spiro atoms. The van der Waals surface area contributed by atoms with Gasteiger partial charge >= 0.3 is 12.0 Å². The number of nitriles is 1. The highest BCUT2D eigenvalue weighted by molar-refractivity contribution is 7.98. The van der Waals surface area contributed by atoms with Crippen LogP contribution in [0.5, 0.6) is 0 Å². The number of hydrogen-bond acceptors (Lipinski definition) is 6. The smallest absolute Gasteiger partial charge is 0.329 e. The van der Waals surface area contributed by atoms with Crippen molar-refractivity contribution < 1.29 is 19.1 Å². The highest BCUT2D eigenvalue weighted by Crippen LogP contribution is 2.11. The van der Waals surface area contributed by atoms with Crippen molar-refractivity contribution in [3.05, 3.63) is 29.8 Å². The third-order valence-corrected chi connectivity index (χ3v) is 3.78. The van der Waals surface area contributed by atoms with E-state index in [-0.39, 0.29) is 0 Å². The summed E-state index contributed by atoms with van der Waals surface area (Å²) in [4.78, 5) is 35.2. The topological polar surface area (TPSA) is 134 Å². The van der Waals surface area contributed by atoms with Gasteiger partial charge in [-0.2, -0.15) is 17.0 Å². The highest BCUT2D eigenvalue weighted by Gasteiger charge is 2.25. The van der Waals surface area contributed by atoms with E-state index in [1.165, 1.54) is 24.8 Å². The lowest BCUT2D eigenvalue weighted by Gasteiger charge is -2.19. The normalized spacial score (nSPS) is 12.4. The molecule has 0 saturated carbocycles. The lowest BCUT2D eigenvalue weighted by Crippen LogP contribution is -2.46. The predicted octanol–water partition coefficient (Wildman–Crippen LogP) is 1.22. The van der Waals surface area contributed by atoms with E-state index in [2.05, 4.69) is 10.6 Å². The van der Waals surface area contributed by atoms with Crippen molar-refractivity contribution in [2.75, 3.05) is 17.3 Å². The molecule has 9 heteroatoms. The Labute approximate surface area is 150 Å². The second-order valence-corrected chi connectivity index (χ2v) is 6.09. The van der Waals surface area contributed by atoms with Gasteiger partial charge in [0.25, 0.3) is 5.91 Å². The highest BCUT2D eigenvalue weighted by atomic mass is 32.2. The fourth-order valence-corrected chi connectivity index (χ4v) is 2.35. The largest absolute Gasteiger partial charge is 0.451 e. The second-order valence-electron chi connectivity index (χ2n) is 5.10. The number of esters is 1. The quantitative estimate of drug-likeness (QED) is 0.594. The molecule has 25 heavy (non-hydrogen) atoms. The number of anilines is 1. The van der Waals surface area contributed by atoms with Crippen LogP contribution in [0.15, 0.2) is 24.3 Å². The average Bonchev–Trinajstić information content (AvgIpc) is 2.58. The van der Waals surface area contributed by atoms with E-state index in [0.717, 1.165) is 0 Å². The average molecular weight is 364 g/mol. The lowest BCUT2D eigenvalue weighted by molar-refractivity contribution is -0.155. The number of urea groups is 1. The van der Waals surface area contributed by atoms with Crippen LogP contribution in [0.1, 0.15) is 18.9 Å². The molecule has 0 saturated heterocycles. The van der Waals surface area contributed by atoms with Crippen molar-refractivity contribution >= 4 is 35.4 Å². The number of rotatable bonds is 8. The second kappa shape index (κ2) is 10.2. The molecule has 134 valence electrons. The monoisotopic (exact) mass is 364 g/mol. The number of hydrogen-bond donors (Lipinski definition) is 3. The number of thioether (sulfide) groups is 1. The van der Waals surface area contributed by atoms with Gasteiger partial charge in [-0.25, -0.2) is 9.59 Å². The van der Waals surface area contributed by atoms with E-state index < -0.39 is 30.1 Å². The van der Waals surface area contributed by atoms with Gasteiger partial charge in [0.05, 0.1) is 11.6 Å². The summed E-state index contributed by atoms with van der Waals surface area (Å²) in [6.07, 6.45) is 1.12. The van der Waals surface area contributed by atoms with Crippen LogP contribution in [0.2, 0.25) is 0 Å². The molecular formula is C16H20N4O4S. The Balaban J connectivity index is 2.66. The van der Waals surface area contributed by atoms with Crippen molar-refractivity contribution in [1.29, 1.82) is 5.26 Å². The van der Waals surface area contributed by atoms with Gasteiger partial charge in [-0.1, -0.05) is 6.07 Å². The number of benzene rings is 1. The van der Waals surface area contributed by atoms with Gasteiger partial charge in [0.15, 0.2) is 6.10 Å². The summed E-state index contributed by atoms with van der Waals surface area (Å²) in [5, 5.41) is 13.7. The molecule has 3 amide bonds. The molecule has 0 aromatic heterocycles. The van der Waals surface area contributed by atoms with Crippen LogP contribution in [-0.2, 0) is 14.3 Å². The van der Waals surface area contributed by atoms with E-state index in [1.54, 1.807) is 18.2 Å². The minimum Gasteiger partial charge on any atom is -0.451 e. The number of ether oxygens (including phenoxy) is 1. The SMILES string of the molecule is CSCC[C@H](NC(N)=O)C(=O)O[C@@H](C)C(=O)Nc1cccc(C#N)c1. The van der Waals surface area contributed by atoms with E-state index in [0.29, 0.717) is 23.4 Å². The molecule has 8 nitrogen and oxygen atoms in total. The third-order valence-electron chi connectivity index (χ3n) is 3.13. The molecule has 0 heterocycles. The van der Waals surface area contributed by atoms with Crippen molar-refractivity contribution in [2.24, 2.45) is 5.73 Å². The van der Waals surface area contributed by atoms with Gasteiger partial charge in [-0.3, -0.25) is 4.79 Å². The number of amides is 3. The van der Waals surface area contributed by atoms with Gasteiger partial charge in [0.1, 0.15) is 6.04 Å². The zero-order valence-electron chi connectivity index (χ0n) is 13.9. The number of carbonyl (C=O) groups is 3. The molecule has 0 fully saturated rings. The maximum atomic E-state index is 12.1. The van der Waals surface area contributed by atoms with E-state index in [4.69, 9.17) is 15.7 Å². The van der Waals surface area contributed by atoms with Crippen LogP contribution in [0.25, 0.3) is 0 Å². The molecule has 1 aromatic rings. The Kier molecular flexibility index (Phi) is 8.29. The molecule has 0 radical (unpaired) electrons. The summed E-state index contributed by atoms with van der Waals surface area (Å²) in [6.45, 7) is 1.41. The zero-order valence-corrected chi connectivity index (χ0v) is 14.8. The molecule has 0 aliphatic carbocycles. The lowest BCUT2D eigenvalue weighted by atomic mass is 10.2. The Hall–Kier alpha value is -2.73. The molecule has 2 atom stereocenters. The fraction of sp³-hybridized carbons (Fsp3) is 0.375. The molecule has 4 N–H and O–H groups in total. The molecule has 0 aliphatic rings. The first-order valence-electron chi connectivity index (χ1n) is 7.43. The van der Waals surface area contributed by atoms with E-state index in [9.17, 15) is 14.4 Å². The maximum absolute atomic E-state index is 12.1. The van der Waals surface area contributed by atoms with Gasteiger partial charge in [-0.05, 0) is 43.6 Å². The first-order chi connectivity index (χ1) is 11.9.